The molecule has 2 aromatic rings. The SMILES string of the molecule is CCSc1cccc(Nc2ccc(F)cc2I)c1C(N)=S. The Kier molecular flexibility index (Phi) is 5.83. The van der Waals surface area contributed by atoms with E-state index in [1.54, 1.807) is 17.8 Å². The molecule has 2 rings (SSSR count). The van der Waals surface area contributed by atoms with Crippen molar-refractivity contribution in [3.63, 3.8) is 0 Å². The van der Waals surface area contributed by atoms with Gasteiger partial charge in [-0.25, -0.2) is 4.39 Å². The summed E-state index contributed by atoms with van der Waals surface area (Å²) in [5.74, 6) is 0.683. The van der Waals surface area contributed by atoms with Crippen LogP contribution in [-0.2, 0) is 0 Å². The lowest BCUT2D eigenvalue weighted by Crippen LogP contribution is -2.13. The van der Waals surface area contributed by atoms with Crippen molar-refractivity contribution in [2.24, 2.45) is 5.73 Å². The van der Waals surface area contributed by atoms with Crippen molar-refractivity contribution in [2.75, 3.05) is 11.1 Å². The van der Waals surface area contributed by atoms with Gasteiger partial charge < -0.3 is 11.1 Å². The molecule has 0 unspecified atom stereocenters. The van der Waals surface area contributed by atoms with Crippen molar-refractivity contribution in [3.8, 4) is 0 Å². The molecule has 0 saturated heterocycles. The Morgan fingerprint density at radius 2 is 2.10 bits per heavy atom. The Labute approximate surface area is 146 Å². The highest BCUT2D eigenvalue weighted by molar-refractivity contribution is 14.1. The quantitative estimate of drug-likeness (QED) is 0.400. The number of thioether (sulfide) groups is 1. The summed E-state index contributed by atoms with van der Waals surface area (Å²) in [6.07, 6.45) is 0. The fraction of sp³-hybridized carbons (Fsp3) is 0.133. The molecule has 0 fully saturated rings. The molecular weight excluding hydrogens is 418 g/mol. The zero-order chi connectivity index (χ0) is 15.4. The average molecular weight is 432 g/mol. The first-order valence-electron chi connectivity index (χ1n) is 6.30. The molecule has 0 aliphatic heterocycles. The van der Waals surface area contributed by atoms with Crippen molar-refractivity contribution in [1.29, 1.82) is 0 Å². The first-order chi connectivity index (χ1) is 10.0. The van der Waals surface area contributed by atoms with Crippen LogP contribution in [0.5, 0.6) is 0 Å². The molecule has 2 nitrogen and oxygen atoms in total. The zero-order valence-electron chi connectivity index (χ0n) is 11.3. The molecule has 0 saturated carbocycles. The number of benzene rings is 2. The molecule has 0 aliphatic carbocycles. The molecule has 3 N–H and O–H groups in total. The standard InChI is InChI=1S/C15H14FIN2S2/c1-2-21-13-5-3-4-12(14(13)15(18)20)19-11-7-6-9(16)8-10(11)17/h3-8,19H,2H2,1H3,(H2,18,20). The lowest BCUT2D eigenvalue weighted by atomic mass is 10.1. The summed E-state index contributed by atoms with van der Waals surface area (Å²) < 4.78 is 14.0. The van der Waals surface area contributed by atoms with E-state index in [-0.39, 0.29) is 5.82 Å². The Morgan fingerprint density at radius 3 is 2.71 bits per heavy atom. The van der Waals surface area contributed by atoms with Crippen LogP contribution in [0.1, 0.15) is 12.5 Å². The van der Waals surface area contributed by atoms with E-state index in [2.05, 4.69) is 34.8 Å². The van der Waals surface area contributed by atoms with Gasteiger partial charge in [-0.05, 0) is 58.7 Å². The number of hydrogen-bond donors (Lipinski definition) is 2. The van der Waals surface area contributed by atoms with Crippen LogP contribution in [0.3, 0.4) is 0 Å². The molecule has 110 valence electrons. The molecule has 0 spiro atoms. The molecule has 2 aromatic carbocycles. The van der Waals surface area contributed by atoms with Gasteiger partial charge in [0, 0.05) is 19.7 Å². The molecule has 0 radical (unpaired) electrons. The fourth-order valence-corrected chi connectivity index (χ4v) is 3.65. The Bertz CT molecular complexity index is 677. The number of thiocarbonyl (C=S) groups is 1. The lowest BCUT2D eigenvalue weighted by Gasteiger charge is -2.15. The third-order valence-corrected chi connectivity index (χ3v) is 4.81. The summed E-state index contributed by atoms with van der Waals surface area (Å²) in [4.78, 5) is 1.40. The number of nitrogens with one attached hydrogen (secondary N) is 1. The predicted octanol–water partition coefficient (Wildman–Crippen LogP) is 4.92. The third kappa shape index (κ3) is 4.08. The summed E-state index contributed by atoms with van der Waals surface area (Å²) in [6.45, 7) is 2.08. The van der Waals surface area contributed by atoms with Gasteiger partial charge in [0.25, 0.3) is 0 Å². The smallest absolute Gasteiger partial charge is 0.124 e. The van der Waals surface area contributed by atoms with Crippen LogP contribution < -0.4 is 11.1 Å². The summed E-state index contributed by atoms with van der Waals surface area (Å²) in [7, 11) is 0. The van der Waals surface area contributed by atoms with Gasteiger partial charge in [-0.3, -0.25) is 0 Å². The number of rotatable bonds is 5. The molecule has 0 heterocycles. The normalized spacial score (nSPS) is 10.4. The maximum Gasteiger partial charge on any atom is 0.124 e. The van der Waals surface area contributed by atoms with Crippen molar-refractivity contribution in [2.45, 2.75) is 11.8 Å². The van der Waals surface area contributed by atoms with Crippen LogP contribution in [-0.4, -0.2) is 10.7 Å². The highest BCUT2D eigenvalue weighted by Gasteiger charge is 2.12. The zero-order valence-corrected chi connectivity index (χ0v) is 15.1. The van der Waals surface area contributed by atoms with Gasteiger partial charge in [0.05, 0.1) is 5.69 Å². The van der Waals surface area contributed by atoms with Gasteiger partial charge in [0.15, 0.2) is 0 Å². The van der Waals surface area contributed by atoms with E-state index < -0.39 is 0 Å². The highest BCUT2D eigenvalue weighted by atomic mass is 127. The summed E-state index contributed by atoms with van der Waals surface area (Å²) in [5.41, 5.74) is 8.38. The van der Waals surface area contributed by atoms with Gasteiger partial charge >= 0.3 is 0 Å². The maximum atomic E-state index is 13.2. The van der Waals surface area contributed by atoms with E-state index in [4.69, 9.17) is 18.0 Å². The number of nitrogens with two attached hydrogens (primary N) is 1. The van der Waals surface area contributed by atoms with Crippen molar-refractivity contribution < 1.29 is 4.39 Å². The van der Waals surface area contributed by atoms with E-state index in [1.807, 2.05) is 18.2 Å². The van der Waals surface area contributed by atoms with Gasteiger partial charge in [0.2, 0.25) is 0 Å². The number of halogens is 2. The predicted molar refractivity (Wildman–Crippen MR) is 101 cm³/mol. The summed E-state index contributed by atoms with van der Waals surface area (Å²) in [5, 5.41) is 3.29. The number of hydrogen-bond acceptors (Lipinski definition) is 3. The van der Waals surface area contributed by atoms with E-state index in [9.17, 15) is 4.39 Å². The monoisotopic (exact) mass is 432 g/mol. The van der Waals surface area contributed by atoms with Gasteiger partial charge in [-0.2, -0.15) is 0 Å². The Morgan fingerprint density at radius 1 is 1.33 bits per heavy atom. The largest absolute Gasteiger partial charge is 0.389 e. The first kappa shape index (κ1) is 16.5. The van der Waals surface area contributed by atoms with Crippen LogP contribution >= 0.6 is 46.6 Å². The van der Waals surface area contributed by atoms with E-state index in [1.165, 1.54) is 12.1 Å². The molecule has 0 aromatic heterocycles. The maximum absolute atomic E-state index is 13.2. The summed E-state index contributed by atoms with van der Waals surface area (Å²) in [6, 6.07) is 10.5. The average Bonchev–Trinajstić information content (AvgIpc) is 2.42. The molecule has 0 aliphatic rings. The van der Waals surface area contributed by atoms with Crippen LogP contribution in [0.4, 0.5) is 15.8 Å². The minimum absolute atomic E-state index is 0.255. The number of anilines is 2. The topological polar surface area (TPSA) is 38.0 Å². The summed E-state index contributed by atoms with van der Waals surface area (Å²) >= 11 is 8.97. The molecule has 0 atom stereocenters. The van der Waals surface area contributed by atoms with Crippen LogP contribution in [0.2, 0.25) is 0 Å². The van der Waals surface area contributed by atoms with E-state index in [0.29, 0.717) is 4.99 Å². The Balaban J connectivity index is 2.43. The third-order valence-electron chi connectivity index (χ3n) is 2.77. The highest BCUT2D eigenvalue weighted by Crippen LogP contribution is 2.31. The van der Waals surface area contributed by atoms with E-state index >= 15 is 0 Å². The van der Waals surface area contributed by atoms with Crippen LogP contribution in [0, 0.1) is 9.39 Å². The minimum atomic E-state index is -0.255. The molecule has 6 heteroatoms. The van der Waals surface area contributed by atoms with E-state index in [0.717, 1.165) is 31.2 Å². The van der Waals surface area contributed by atoms with Gasteiger partial charge in [-0.1, -0.05) is 25.2 Å². The second-order valence-electron chi connectivity index (χ2n) is 4.23. The fourth-order valence-electron chi connectivity index (χ4n) is 1.90. The van der Waals surface area contributed by atoms with Gasteiger partial charge in [0.1, 0.15) is 10.8 Å². The Hall–Kier alpha value is -0.860. The molecular formula is C15H14FIN2S2. The van der Waals surface area contributed by atoms with Crippen molar-refractivity contribution in [3.05, 3.63) is 51.3 Å². The molecule has 0 bridgehead atoms. The molecule has 0 amide bonds. The van der Waals surface area contributed by atoms with Crippen molar-refractivity contribution >= 4 is 62.9 Å². The van der Waals surface area contributed by atoms with Crippen LogP contribution in [0.15, 0.2) is 41.3 Å². The first-order valence-corrected chi connectivity index (χ1v) is 8.78. The second-order valence-corrected chi connectivity index (χ2v) is 7.13. The van der Waals surface area contributed by atoms with Crippen molar-refractivity contribution in [1.82, 2.24) is 0 Å². The molecule has 21 heavy (non-hydrogen) atoms. The lowest BCUT2D eigenvalue weighted by molar-refractivity contribution is 0.627. The minimum Gasteiger partial charge on any atom is -0.389 e. The van der Waals surface area contributed by atoms with Gasteiger partial charge in [-0.15, -0.1) is 11.8 Å². The second kappa shape index (κ2) is 7.42. The van der Waals surface area contributed by atoms with Crippen LogP contribution in [0.25, 0.3) is 0 Å².